The zero-order valence-electron chi connectivity index (χ0n) is 19.6. The van der Waals surface area contributed by atoms with E-state index in [2.05, 4.69) is 4.72 Å². The predicted octanol–water partition coefficient (Wildman–Crippen LogP) is 2.12. The number of rotatable bonds is 6. The summed E-state index contributed by atoms with van der Waals surface area (Å²) in [7, 11) is -7.55. The second-order valence-electron chi connectivity index (χ2n) is 8.47. The Balaban J connectivity index is 1.70. The molecule has 0 spiro atoms. The molecule has 2 aromatic carbocycles. The van der Waals surface area contributed by atoms with Crippen molar-refractivity contribution in [1.82, 2.24) is 13.9 Å². The average molecular weight is 494 g/mol. The quantitative estimate of drug-likeness (QED) is 0.664. The molecule has 1 aliphatic heterocycles. The van der Waals surface area contributed by atoms with Crippen LogP contribution in [0.1, 0.15) is 29.2 Å². The molecule has 1 saturated heterocycles. The molecule has 0 saturated carbocycles. The number of nitrogens with one attached hydrogen (secondary N) is 1. The molecule has 0 bridgehead atoms. The second kappa shape index (κ2) is 9.54. The van der Waals surface area contributed by atoms with Gasteiger partial charge in [-0.3, -0.25) is 4.79 Å². The number of hydrogen-bond donors (Lipinski definition) is 1. The molecule has 180 valence electrons. The summed E-state index contributed by atoms with van der Waals surface area (Å²) >= 11 is 0. The van der Waals surface area contributed by atoms with Crippen molar-refractivity contribution in [2.75, 3.05) is 26.2 Å². The Bertz CT molecular complexity index is 1220. The first kappa shape index (κ1) is 25.4. The standard InChI is InChI=1S/C23H31N3O5S2/c1-16-15-17(2)19(4)22(18(16)3)33(30,31)26-13-11-25(12-14-26)23(27)20(5)24-32(28,29)21-9-7-6-8-10-21/h6-10,15,20,24H,11-14H2,1-5H3/t20-/m0/s1. The van der Waals surface area contributed by atoms with Crippen LogP contribution in [0.3, 0.4) is 0 Å². The highest BCUT2D eigenvalue weighted by atomic mass is 32.2. The molecule has 1 fully saturated rings. The summed E-state index contributed by atoms with van der Waals surface area (Å²) in [5.74, 6) is -0.384. The van der Waals surface area contributed by atoms with Gasteiger partial charge in [0.2, 0.25) is 26.0 Å². The predicted molar refractivity (Wildman–Crippen MR) is 127 cm³/mol. The third-order valence-corrected chi connectivity index (χ3v) is 9.93. The molecule has 1 N–H and O–H groups in total. The van der Waals surface area contributed by atoms with Crippen LogP contribution < -0.4 is 4.72 Å². The Morgan fingerprint density at radius 2 is 1.39 bits per heavy atom. The molecular formula is C23H31N3O5S2. The summed E-state index contributed by atoms with van der Waals surface area (Å²) in [6, 6.07) is 8.86. The summed E-state index contributed by atoms with van der Waals surface area (Å²) in [6.07, 6.45) is 0. The molecule has 0 aliphatic carbocycles. The van der Waals surface area contributed by atoms with Gasteiger partial charge >= 0.3 is 0 Å². The van der Waals surface area contributed by atoms with Crippen LogP contribution in [0.15, 0.2) is 46.2 Å². The van der Waals surface area contributed by atoms with E-state index in [-0.39, 0.29) is 37.0 Å². The van der Waals surface area contributed by atoms with Crippen LogP contribution in [0.5, 0.6) is 0 Å². The first-order valence-corrected chi connectivity index (χ1v) is 13.7. The average Bonchev–Trinajstić information content (AvgIpc) is 2.77. The SMILES string of the molecule is Cc1cc(C)c(C)c(S(=O)(=O)N2CCN(C(=O)[C@H](C)NS(=O)(=O)c3ccccc3)CC2)c1C. The Morgan fingerprint density at radius 1 is 0.879 bits per heavy atom. The molecule has 0 aromatic heterocycles. The first-order chi connectivity index (χ1) is 15.4. The summed E-state index contributed by atoms with van der Waals surface area (Å²) < 4.78 is 55.7. The van der Waals surface area contributed by atoms with Crippen molar-refractivity contribution in [1.29, 1.82) is 0 Å². The highest BCUT2D eigenvalue weighted by Crippen LogP contribution is 2.29. The van der Waals surface area contributed by atoms with Crippen molar-refractivity contribution in [3.8, 4) is 0 Å². The molecule has 1 aliphatic rings. The largest absolute Gasteiger partial charge is 0.339 e. The van der Waals surface area contributed by atoms with Crippen LogP contribution in [0.4, 0.5) is 0 Å². The zero-order valence-corrected chi connectivity index (χ0v) is 21.3. The third kappa shape index (κ3) is 5.13. The van der Waals surface area contributed by atoms with E-state index in [0.717, 1.165) is 22.3 Å². The van der Waals surface area contributed by atoms with Gasteiger partial charge in [0.15, 0.2) is 0 Å². The lowest BCUT2D eigenvalue weighted by atomic mass is 10.0. The van der Waals surface area contributed by atoms with E-state index in [1.54, 1.807) is 18.2 Å². The van der Waals surface area contributed by atoms with E-state index in [4.69, 9.17) is 0 Å². The van der Waals surface area contributed by atoms with Crippen molar-refractivity contribution < 1.29 is 21.6 Å². The fraction of sp³-hybridized carbons (Fsp3) is 0.435. The van der Waals surface area contributed by atoms with Crippen molar-refractivity contribution in [3.05, 3.63) is 58.7 Å². The molecule has 2 aromatic rings. The number of piperazine rings is 1. The van der Waals surface area contributed by atoms with Gasteiger partial charge in [0.1, 0.15) is 0 Å². The maximum Gasteiger partial charge on any atom is 0.243 e. The van der Waals surface area contributed by atoms with E-state index >= 15 is 0 Å². The minimum Gasteiger partial charge on any atom is -0.339 e. The monoisotopic (exact) mass is 493 g/mol. The van der Waals surface area contributed by atoms with Gasteiger partial charge in [-0.05, 0) is 69.0 Å². The highest BCUT2D eigenvalue weighted by molar-refractivity contribution is 7.89. The van der Waals surface area contributed by atoms with Gasteiger partial charge in [-0.25, -0.2) is 16.8 Å². The number of sulfonamides is 2. The highest BCUT2D eigenvalue weighted by Gasteiger charge is 2.34. The fourth-order valence-corrected chi connectivity index (χ4v) is 7.29. The van der Waals surface area contributed by atoms with Gasteiger partial charge in [-0.15, -0.1) is 0 Å². The summed E-state index contributed by atoms with van der Waals surface area (Å²) in [5.41, 5.74) is 3.32. The van der Waals surface area contributed by atoms with E-state index < -0.39 is 26.1 Å². The number of carbonyl (C=O) groups excluding carboxylic acids is 1. The Hall–Kier alpha value is -2.27. The van der Waals surface area contributed by atoms with Crippen LogP contribution in [0.25, 0.3) is 0 Å². The van der Waals surface area contributed by atoms with Gasteiger partial charge in [0, 0.05) is 26.2 Å². The number of benzene rings is 2. The minimum atomic E-state index is -3.83. The van der Waals surface area contributed by atoms with E-state index in [1.807, 2.05) is 33.8 Å². The van der Waals surface area contributed by atoms with E-state index in [0.29, 0.717) is 4.90 Å². The van der Waals surface area contributed by atoms with Crippen LogP contribution in [0, 0.1) is 27.7 Å². The van der Waals surface area contributed by atoms with E-state index in [9.17, 15) is 21.6 Å². The zero-order chi connectivity index (χ0) is 24.6. The number of carbonyl (C=O) groups is 1. The molecule has 10 heteroatoms. The first-order valence-electron chi connectivity index (χ1n) is 10.8. The topological polar surface area (TPSA) is 104 Å². The Kier molecular flexibility index (Phi) is 7.33. The molecular weight excluding hydrogens is 462 g/mol. The second-order valence-corrected chi connectivity index (χ2v) is 12.1. The minimum absolute atomic E-state index is 0.0831. The van der Waals surface area contributed by atoms with Crippen LogP contribution in [-0.4, -0.2) is 64.2 Å². The Labute approximate surface area is 196 Å². The van der Waals surface area contributed by atoms with Crippen molar-refractivity contribution >= 4 is 26.0 Å². The van der Waals surface area contributed by atoms with Gasteiger partial charge in [-0.2, -0.15) is 9.03 Å². The maximum atomic E-state index is 13.4. The number of nitrogens with zero attached hydrogens (tertiary/aromatic N) is 2. The molecule has 3 rings (SSSR count). The fourth-order valence-electron chi connectivity index (χ4n) is 4.07. The maximum absolute atomic E-state index is 13.4. The number of amides is 1. The summed E-state index contributed by atoms with van der Waals surface area (Å²) in [6.45, 7) is 9.61. The lowest BCUT2D eigenvalue weighted by Crippen LogP contribution is -2.55. The van der Waals surface area contributed by atoms with Crippen LogP contribution in [0.2, 0.25) is 0 Å². The Morgan fingerprint density at radius 3 is 1.91 bits per heavy atom. The van der Waals surface area contributed by atoms with E-state index in [1.165, 1.54) is 28.3 Å². The van der Waals surface area contributed by atoms with Gasteiger partial charge in [0.25, 0.3) is 0 Å². The molecule has 1 atom stereocenters. The summed E-state index contributed by atoms with van der Waals surface area (Å²) in [4.78, 5) is 14.8. The van der Waals surface area contributed by atoms with Crippen LogP contribution >= 0.6 is 0 Å². The molecule has 0 unspecified atom stereocenters. The lowest BCUT2D eigenvalue weighted by Gasteiger charge is -2.36. The lowest BCUT2D eigenvalue weighted by molar-refractivity contribution is -0.133. The molecule has 8 nitrogen and oxygen atoms in total. The van der Waals surface area contributed by atoms with Crippen molar-refractivity contribution in [2.45, 2.75) is 50.5 Å². The molecule has 0 radical (unpaired) electrons. The molecule has 1 amide bonds. The summed E-state index contributed by atoms with van der Waals surface area (Å²) in [5, 5.41) is 0. The van der Waals surface area contributed by atoms with Crippen LogP contribution in [-0.2, 0) is 24.8 Å². The smallest absolute Gasteiger partial charge is 0.243 e. The van der Waals surface area contributed by atoms with Gasteiger partial charge in [0.05, 0.1) is 15.8 Å². The van der Waals surface area contributed by atoms with Gasteiger partial charge in [-0.1, -0.05) is 24.3 Å². The number of aryl methyl sites for hydroxylation is 2. The van der Waals surface area contributed by atoms with Crippen molar-refractivity contribution in [2.24, 2.45) is 0 Å². The normalized spacial score (nSPS) is 16.6. The van der Waals surface area contributed by atoms with Gasteiger partial charge < -0.3 is 4.90 Å². The molecule has 33 heavy (non-hydrogen) atoms. The third-order valence-electron chi connectivity index (χ3n) is 6.20. The molecule has 1 heterocycles. The number of hydrogen-bond acceptors (Lipinski definition) is 5. The van der Waals surface area contributed by atoms with Crippen molar-refractivity contribution in [3.63, 3.8) is 0 Å².